The van der Waals surface area contributed by atoms with Crippen molar-refractivity contribution in [3.8, 4) is 10.6 Å². The van der Waals surface area contributed by atoms with Crippen LogP contribution < -0.4 is 5.32 Å². The van der Waals surface area contributed by atoms with Gasteiger partial charge in [-0.2, -0.15) is 11.3 Å². The first-order chi connectivity index (χ1) is 9.23. The van der Waals surface area contributed by atoms with Gasteiger partial charge in [0, 0.05) is 34.1 Å². The van der Waals surface area contributed by atoms with Crippen molar-refractivity contribution < 1.29 is 5.11 Å². The summed E-state index contributed by atoms with van der Waals surface area (Å²) in [5.41, 5.74) is 1.03. The molecular formula is C14H20N2OS2. The van der Waals surface area contributed by atoms with Crippen LogP contribution in [0.1, 0.15) is 31.6 Å². The molecule has 0 unspecified atom stereocenters. The van der Waals surface area contributed by atoms with Gasteiger partial charge in [-0.15, -0.1) is 11.3 Å². The van der Waals surface area contributed by atoms with Crippen LogP contribution in [-0.2, 0) is 6.54 Å². The third kappa shape index (κ3) is 3.42. The monoisotopic (exact) mass is 296 g/mol. The van der Waals surface area contributed by atoms with E-state index in [2.05, 4.69) is 41.0 Å². The summed E-state index contributed by atoms with van der Waals surface area (Å²) in [6, 6.07) is 2.09. The van der Waals surface area contributed by atoms with Gasteiger partial charge < -0.3 is 10.4 Å². The molecule has 0 atom stereocenters. The SMILES string of the molecule is CCC(CC)(CO)NCc1cnc(-c2ccsc2)s1. The normalized spacial score (nSPS) is 11.9. The van der Waals surface area contributed by atoms with Gasteiger partial charge in [0.05, 0.1) is 6.61 Å². The molecule has 0 aliphatic carbocycles. The largest absolute Gasteiger partial charge is 0.394 e. The van der Waals surface area contributed by atoms with Crippen LogP contribution in [-0.4, -0.2) is 22.2 Å². The van der Waals surface area contributed by atoms with E-state index in [1.54, 1.807) is 22.7 Å². The van der Waals surface area contributed by atoms with E-state index in [0.717, 1.165) is 24.4 Å². The average Bonchev–Trinajstić information content (AvgIpc) is 3.12. The Hall–Kier alpha value is -0.750. The minimum atomic E-state index is -0.160. The molecular weight excluding hydrogens is 276 g/mol. The van der Waals surface area contributed by atoms with Gasteiger partial charge in [0.25, 0.3) is 0 Å². The molecule has 2 aromatic rings. The van der Waals surface area contributed by atoms with E-state index in [1.165, 1.54) is 10.4 Å². The highest BCUT2D eigenvalue weighted by Gasteiger charge is 2.24. The summed E-state index contributed by atoms with van der Waals surface area (Å²) in [4.78, 5) is 5.67. The number of hydrogen-bond donors (Lipinski definition) is 2. The summed E-state index contributed by atoms with van der Waals surface area (Å²) in [5.74, 6) is 0. The van der Waals surface area contributed by atoms with E-state index in [-0.39, 0.29) is 12.1 Å². The third-order valence-corrected chi connectivity index (χ3v) is 5.35. The van der Waals surface area contributed by atoms with Gasteiger partial charge in [0.15, 0.2) is 0 Å². The highest BCUT2D eigenvalue weighted by atomic mass is 32.1. The number of aromatic nitrogens is 1. The summed E-state index contributed by atoms with van der Waals surface area (Å²) >= 11 is 3.40. The lowest BCUT2D eigenvalue weighted by Crippen LogP contribution is -2.46. The van der Waals surface area contributed by atoms with Gasteiger partial charge in [0.2, 0.25) is 0 Å². The standard InChI is InChI=1S/C14H20N2OS2/c1-3-14(4-2,10-17)16-8-12-7-15-13(19-12)11-5-6-18-9-11/h5-7,9,16-17H,3-4,8,10H2,1-2H3. The predicted octanol–water partition coefficient (Wildman–Crippen LogP) is 3.51. The van der Waals surface area contributed by atoms with Crippen molar-refractivity contribution in [3.63, 3.8) is 0 Å². The summed E-state index contributed by atoms with van der Waals surface area (Å²) in [6.07, 6.45) is 3.78. The second-order valence-electron chi connectivity index (χ2n) is 4.64. The van der Waals surface area contributed by atoms with Crippen LogP contribution in [0.15, 0.2) is 23.0 Å². The lowest BCUT2D eigenvalue weighted by atomic mass is 9.94. The summed E-state index contributed by atoms with van der Waals surface area (Å²) in [7, 11) is 0. The van der Waals surface area contributed by atoms with Crippen LogP contribution in [0.5, 0.6) is 0 Å². The molecule has 2 heterocycles. The molecule has 2 N–H and O–H groups in total. The van der Waals surface area contributed by atoms with E-state index in [4.69, 9.17) is 0 Å². The number of nitrogens with zero attached hydrogens (tertiary/aromatic N) is 1. The molecule has 2 rings (SSSR count). The van der Waals surface area contributed by atoms with Crippen molar-refractivity contribution in [3.05, 3.63) is 27.9 Å². The molecule has 0 amide bonds. The van der Waals surface area contributed by atoms with Gasteiger partial charge in [-0.1, -0.05) is 13.8 Å². The van der Waals surface area contributed by atoms with Gasteiger partial charge in [-0.05, 0) is 24.3 Å². The number of thiophene rings is 1. The average molecular weight is 296 g/mol. The van der Waals surface area contributed by atoms with E-state index < -0.39 is 0 Å². The number of thiazole rings is 1. The molecule has 5 heteroatoms. The van der Waals surface area contributed by atoms with E-state index in [1.807, 2.05) is 6.20 Å². The zero-order valence-corrected chi connectivity index (χ0v) is 13.0. The molecule has 0 aliphatic heterocycles. The highest BCUT2D eigenvalue weighted by molar-refractivity contribution is 7.15. The maximum Gasteiger partial charge on any atom is 0.124 e. The fourth-order valence-corrected chi connectivity index (χ4v) is 3.53. The lowest BCUT2D eigenvalue weighted by molar-refractivity contribution is 0.150. The Balaban J connectivity index is 2.01. The van der Waals surface area contributed by atoms with Gasteiger partial charge >= 0.3 is 0 Å². The molecule has 0 aromatic carbocycles. The smallest absolute Gasteiger partial charge is 0.124 e. The Kier molecular flexibility index (Phi) is 5.10. The second kappa shape index (κ2) is 6.61. The summed E-state index contributed by atoms with van der Waals surface area (Å²) in [6.45, 7) is 5.16. The first-order valence-electron chi connectivity index (χ1n) is 6.56. The van der Waals surface area contributed by atoms with Crippen molar-refractivity contribution in [1.29, 1.82) is 0 Å². The first kappa shape index (κ1) is 14.7. The Morgan fingerprint density at radius 3 is 2.74 bits per heavy atom. The Labute approximate surface area is 122 Å². The molecule has 0 saturated heterocycles. The number of aliphatic hydroxyl groups excluding tert-OH is 1. The number of hydrogen-bond acceptors (Lipinski definition) is 5. The van der Waals surface area contributed by atoms with E-state index in [9.17, 15) is 5.11 Å². The van der Waals surface area contributed by atoms with Crippen LogP contribution >= 0.6 is 22.7 Å². The van der Waals surface area contributed by atoms with Gasteiger partial charge in [-0.25, -0.2) is 4.98 Å². The number of nitrogens with one attached hydrogen (secondary N) is 1. The van der Waals surface area contributed by atoms with Crippen LogP contribution in [0.25, 0.3) is 10.6 Å². The molecule has 0 radical (unpaired) electrons. The quantitative estimate of drug-likeness (QED) is 0.822. The molecule has 0 fully saturated rings. The molecule has 3 nitrogen and oxygen atoms in total. The highest BCUT2D eigenvalue weighted by Crippen LogP contribution is 2.27. The molecule has 2 aromatic heterocycles. The number of aliphatic hydroxyl groups is 1. The molecule has 19 heavy (non-hydrogen) atoms. The fourth-order valence-electron chi connectivity index (χ4n) is 1.96. The molecule has 104 valence electrons. The summed E-state index contributed by atoms with van der Waals surface area (Å²) < 4.78 is 0. The van der Waals surface area contributed by atoms with Gasteiger partial charge in [0.1, 0.15) is 5.01 Å². The Morgan fingerprint density at radius 2 is 2.16 bits per heavy atom. The Bertz CT molecular complexity index is 481. The maximum absolute atomic E-state index is 9.54. The van der Waals surface area contributed by atoms with Crippen LogP contribution in [0.3, 0.4) is 0 Å². The topological polar surface area (TPSA) is 45.1 Å². The van der Waals surface area contributed by atoms with Crippen molar-refractivity contribution in [2.45, 2.75) is 38.8 Å². The van der Waals surface area contributed by atoms with Crippen LogP contribution in [0, 0.1) is 0 Å². The van der Waals surface area contributed by atoms with Crippen molar-refractivity contribution in [2.75, 3.05) is 6.61 Å². The molecule has 0 spiro atoms. The molecule has 0 bridgehead atoms. The maximum atomic E-state index is 9.54. The van der Waals surface area contributed by atoms with Crippen LogP contribution in [0.4, 0.5) is 0 Å². The first-order valence-corrected chi connectivity index (χ1v) is 8.32. The van der Waals surface area contributed by atoms with Crippen LogP contribution in [0.2, 0.25) is 0 Å². The zero-order chi connectivity index (χ0) is 13.7. The van der Waals surface area contributed by atoms with Crippen molar-refractivity contribution in [2.24, 2.45) is 0 Å². The molecule has 0 aliphatic rings. The third-order valence-electron chi connectivity index (χ3n) is 3.62. The second-order valence-corrected chi connectivity index (χ2v) is 6.54. The number of rotatable bonds is 7. The minimum Gasteiger partial charge on any atom is -0.394 e. The molecule has 0 saturated carbocycles. The van der Waals surface area contributed by atoms with Crippen molar-refractivity contribution in [1.82, 2.24) is 10.3 Å². The summed E-state index contributed by atoms with van der Waals surface area (Å²) in [5, 5.41) is 18.3. The Morgan fingerprint density at radius 1 is 1.37 bits per heavy atom. The zero-order valence-electron chi connectivity index (χ0n) is 11.3. The predicted molar refractivity (Wildman–Crippen MR) is 82.7 cm³/mol. The lowest BCUT2D eigenvalue weighted by Gasteiger charge is -2.30. The van der Waals surface area contributed by atoms with E-state index in [0.29, 0.717) is 0 Å². The van der Waals surface area contributed by atoms with Gasteiger partial charge in [-0.3, -0.25) is 0 Å². The van der Waals surface area contributed by atoms with Crippen molar-refractivity contribution >= 4 is 22.7 Å². The fraction of sp³-hybridized carbons (Fsp3) is 0.500. The van der Waals surface area contributed by atoms with E-state index >= 15 is 0 Å². The minimum absolute atomic E-state index is 0.160.